The van der Waals surface area contributed by atoms with Gasteiger partial charge in [0.1, 0.15) is 6.10 Å². The standard InChI is InChI=1S/C17H16F4N2O3/c18-12-6-7-23-16(26-17(19,20)21)15(12)25-14(11-4-2-1-3-5-11)13-10-22-8-9-24-13/h1-7,13-14,22H,8-10H2/t13-,14-/m0/s1. The molecule has 1 aliphatic heterocycles. The number of rotatable bonds is 5. The lowest BCUT2D eigenvalue weighted by molar-refractivity contribution is -0.276. The van der Waals surface area contributed by atoms with Crippen LogP contribution in [0.15, 0.2) is 42.6 Å². The highest BCUT2D eigenvalue weighted by Gasteiger charge is 2.36. The highest BCUT2D eigenvalue weighted by atomic mass is 19.4. The number of morpholine rings is 1. The number of hydrogen-bond acceptors (Lipinski definition) is 5. The van der Waals surface area contributed by atoms with E-state index in [1.807, 2.05) is 0 Å². The van der Waals surface area contributed by atoms with Crippen molar-refractivity contribution in [3.8, 4) is 11.6 Å². The van der Waals surface area contributed by atoms with Crippen molar-refractivity contribution in [1.29, 1.82) is 0 Å². The van der Waals surface area contributed by atoms with Gasteiger partial charge in [-0.2, -0.15) is 0 Å². The number of benzene rings is 1. The molecule has 0 saturated carbocycles. The molecule has 3 rings (SSSR count). The Kier molecular flexibility index (Phi) is 5.58. The third-order valence-electron chi connectivity index (χ3n) is 3.70. The summed E-state index contributed by atoms with van der Waals surface area (Å²) in [6.07, 6.45) is -5.52. The molecule has 0 radical (unpaired) electrons. The molecule has 2 aromatic rings. The maximum absolute atomic E-state index is 14.2. The number of alkyl halides is 3. The Morgan fingerprint density at radius 3 is 2.62 bits per heavy atom. The van der Waals surface area contributed by atoms with Gasteiger partial charge in [-0.25, -0.2) is 9.37 Å². The van der Waals surface area contributed by atoms with Crippen LogP contribution in [0.4, 0.5) is 17.6 Å². The maximum Gasteiger partial charge on any atom is 0.574 e. The zero-order valence-corrected chi connectivity index (χ0v) is 13.5. The van der Waals surface area contributed by atoms with Crippen LogP contribution in [-0.4, -0.2) is 37.1 Å². The van der Waals surface area contributed by atoms with Crippen molar-refractivity contribution in [2.45, 2.75) is 18.6 Å². The van der Waals surface area contributed by atoms with Crippen LogP contribution in [0.25, 0.3) is 0 Å². The lowest BCUT2D eigenvalue weighted by Gasteiger charge is -2.32. The predicted octanol–water partition coefficient (Wildman–Crippen LogP) is 3.23. The van der Waals surface area contributed by atoms with Crippen LogP contribution < -0.4 is 14.8 Å². The molecule has 0 aliphatic carbocycles. The summed E-state index contributed by atoms with van der Waals surface area (Å²) in [5.41, 5.74) is 0.627. The normalized spacial score (nSPS) is 19.0. The van der Waals surface area contributed by atoms with Gasteiger partial charge in [0.25, 0.3) is 5.88 Å². The second-order valence-corrected chi connectivity index (χ2v) is 5.54. The van der Waals surface area contributed by atoms with Gasteiger partial charge in [-0.3, -0.25) is 0 Å². The van der Waals surface area contributed by atoms with E-state index in [2.05, 4.69) is 15.0 Å². The second-order valence-electron chi connectivity index (χ2n) is 5.54. The molecule has 1 aliphatic rings. The Hall–Kier alpha value is -2.39. The molecule has 0 bridgehead atoms. The molecule has 140 valence electrons. The first-order chi connectivity index (χ1) is 12.4. The van der Waals surface area contributed by atoms with E-state index in [4.69, 9.17) is 9.47 Å². The summed E-state index contributed by atoms with van der Waals surface area (Å²) in [4.78, 5) is 3.45. The molecule has 0 unspecified atom stereocenters. The van der Waals surface area contributed by atoms with E-state index in [1.165, 1.54) is 0 Å². The smallest absolute Gasteiger partial charge is 0.475 e. The number of pyridine rings is 1. The molecule has 1 aromatic heterocycles. The van der Waals surface area contributed by atoms with Crippen LogP contribution in [0.1, 0.15) is 11.7 Å². The molecular weight excluding hydrogens is 356 g/mol. The first kappa shape index (κ1) is 18.4. The lowest BCUT2D eigenvalue weighted by Crippen LogP contribution is -2.43. The maximum atomic E-state index is 14.2. The average molecular weight is 372 g/mol. The van der Waals surface area contributed by atoms with E-state index < -0.39 is 36.0 Å². The fraction of sp³-hybridized carbons (Fsp3) is 0.353. The SMILES string of the molecule is Fc1ccnc(OC(F)(F)F)c1O[C@@H](c1ccccc1)[C@@H]1CNCCO1. The molecule has 2 heterocycles. The minimum atomic E-state index is -5.02. The van der Waals surface area contributed by atoms with Crippen LogP contribution in [0, 0.1) is 5.82 Å². The first-order valence-corrected chi connectivity index (χ1v) is 7.88. The van der Waals surface area contributed by atoms with Crippen molar-refractivity contribution >= 4 is 0 Å². The Balaban J connectivity index is 1.94. The molecule has 2 atom stereocenters. The van der Waals surface area contributed by atoms with Crippen LogP contribution in [0.2, 0.25) is 0 Å². The molecule has 1 N–H and O–H groups in total. The third-order valence-corrected chi connectivity index (χ3v) is 3.70. The van der Waals surface area contributed by atoms with Gasteiger partial charge in [0.15, 0.2) is 11.9 Å². The highest BCUT2D eigenvalue weighted by Crippen LogP contribution is 2.36. The minimum absolute atomic E-state index is 0.400. The molecule has 5 nitrogen and oxygen atoms in total. The number of nitrogens with zero attached hydrogens (tertiary/aromatic N) is 1. The molecular formula is C17H16F4N2O3. The van der Waals surface area contributed by atoms with Gasteiger partial charge in [-0.1, -0.05) is 30.3 Å². The molecule has 1 aromatic carbocycles. The largest absolute Gasteiger partial charge is 0.574 e. The fourth-order valence-corrected chi connectivity index (χ4v) is 2.60. The van der Waals surface area contributed by atoms with Crippen molar-refractivity contribution < 1.29 is 31.8 Å². The van der Waals surface area contributed by atoms with Gasteiger partial charge in [-0.15, -0.1) is 13.2 Å². The van der Waals surface area contributed by atoms with Gasteiger partial charge >= 0.3 is 6.36 Å². The molecule has 9 heteroatoms. The molecule has 1 saturated heterocycles. The van der Waals surface area contributed by atoms with Crippen LogP contribution >= 0.6 is 0 Å². The monoisotopic (exact) mass is 372 g/mol. The average Bonchev–Trinajstić information content (AvgIpc) is 2.62. The number of nitrogens with one attached hydrogen (secondary N) is 1. The number of ether oxygens (including phenoxy) is 3. The highest BCUT2D eigenvalue weighted by molar-refractivity contribution is 5.36. The second kappa shape index (κ2) is 7.88. The number of aromatic nitrogens is 1. The molecule has 26 heavy (non-hydrogen) atoms. The van der Waals surface area contributed by atoms with E-state index >= 15 is 0 Å². The zero-order chi connectivity index (χ0) is 18.6. The van der Waals surface area contributed by atoms with Crippen molar-refractivity contribution in [3.63, 3.8) is 0 Å². The molecule has 1 fully saturated rings. The lowest BCUT2D eigenvalue weighted by atomic mass is 10.0. The van der Waals surface area contributed by atoms with Crippen molar-refractivity contribution in [2.24, 2.45) is 0 Å². The number of hydrogen-bond donors (Lipinski definition) is 1. The number of halogens is 4. The minimum Gasteiger partial charge on any atom is -0.475 e. The Labute approximate surface area is 146 Å². The van der Waals surface area contributed by atoms with Gasteiger partial charge in [0.05, 0.1) is 6.61 Å². The Morgan fingerprint density at radius 2 is 1.96 bits per heavy atom. The summed E-state index contributed by atoms with van der Waals surface area (Å²) in [6.45, 7) is 1.44. The van der Waals surface area contributed by atoms with E-state index in [9.17, 15) is 17.6 Å². The fourth-order valence-electron chi connectivity index (χ4n) is 2.60. The molecule has 0 spiro atoms. The van der Waals surface area contributed by atoms with Crippen molar-refractivity contribution in [2.75, 3.05) is 19.7 Å². The topological polar surface area (TPSA) is 52.6 Å². The van der Waals surface area contributed by atoms with E-state index in [0.717, 1.165) is 12.3 Å². The van der Waals surface area contributed by atoms with Gasteiger partial charge < -0.3 is 19.5 Å². The van der Waals surface area contributed by atoms with Crippen molar-refractivity contribution in [1.82, 2.24) is 10.3 Å². The Bertz CT molecular complexity index is 722. The summed E-state index contributed by atoms with van der Waals surface area (Å²) in [5.74, 6) is -2.71. The van der Waals surface area contributed by atoms with E-state index in [-0.39, 0.29) is 0 Å². The Morgan fingerprint density at radius 1 is 1.19 bits per heavy atom. The van der Waals surface area contributed by atoms with E-state index in [1.54, 1.807) is 30.3 Å². The van der Waals surface area contributed by atoms with Crippen LogP contribution in [0.3, 0.4) is 0 Å². The quantitative estimate of drug-likeness (QED) is 0.817. The van der Waals surface area contributed by atoms with Gasteiger partial charge in [0, 0.05) is 19.3 Å². The van der Waals surface area contributed by atoms with Gasteiger partial charge in [0.2, 0.25) is 5.75 Å². The summed E-state index contributed by atoms with van der Waals surface area (Å²) < 4.78 is 67.1. The summed E-state index contributed by atoms with van der Waals surface area (Å²) in [7, 11) is 0. The van der Waals surface area contributed by atoms with Crippen molar-refractivity contribution in [3.05, 3.63) is 54.0 Å². The van der Waals surface area contributed by atoms with E-state index in [0.29, 0.717) is 25.3 Å². The molecule has 0 amide bonds. The van der Waals surface area contributed by atoms with Crippen LogP contribution in [-0.2, 0) is 4.74 Å². The summed E-state index contributed by atoms with van der Waals surface area (Å²) in [6, 6.07) is 9.62. The summed E-state index contributed by atoms with van der Waals surface area (Å²) in [5, 5.41) is 3.11. The summed E-state index contributed by atoms with van der Waals surface area (Å²) >= 11 is 0. The third kappa shape index (κ3) is 4.61. The van der Waals surface area contributed by atoms with Gasteiger partial charge in [-0.05, 0) is 11.6 Å². The van der Waals surface area contributed by atoms with Crippen LogP contribution in [0.5, 0.6) is 11.6 Å². The first-order valence-electron chi connectivity index (χ1n) is 7.88. The zero-order valence-electron chi connectivity index (χ0n) is 13.5. The predicted molar refractivity (Wildman–Crippen MR) is 83.3 cm³/mol.